The highest BCUT2D eigenvalue weighted by molar-refractivity contribution is 6.66. The molecule has 15 heavy (non-hydrogen) atoms. The summed E-state index contributed by atoms with van der Waals surface area (Å²) in [6.07, 6.45) is -4.57. The highest BCUT2D eigenvalue weighted by Crippen LogP contribution is 2.17. The predicted octanol–water partition coefficient (Wildman–Crippen LogP) is 0.402. The van der Waals surface area contributed by atoms with Crippen LogP contribution in [0.15, 0.2) is 30.3 Å². The summed E-state index contributed by atoms with van der Waals surface area (Å²) < 4.78 is 39.1. The molecule has 0 unspecified atom stereocenters. The summed E-state index contributed by atoms with van der Waals surface area (Å²) in [6, 6.07) is 8.27. The maximum absolute atomic E-state index is 11.8. The van der Waals surface area contributed by atoms with Gasteiger partial charge in [0.05, 0.1) is 0 Å². The first kappa shape index (κ1) is 16.4. The highest BCUT2D eigenvalue weighted by Gasteiger charge is 2.33. The standard InChI is InChI=1S/C8H8BF3O.2H2O/c1-9(13-8(10,11)12)7-5-3-2-4-6-7;;/h2-6H,1H3;2*1H2. The molecule has 0 radical (unpaired) electrons. The van der Waals surface area contributed by atoms with Crippen molar-refractivity contribution in [3.63, 3.8) is 0 Å². The van der Waals surface area contributed by atoms with E-state index in [1.807, 2.05) is 0 Å². The van der Waals surface area contributed by atoms with Crippen molar-refractivity contribution in [3.05, 3.63) is 30.3 Å². The lowest BCUT2D eigenvalue weighted by Gasteiger charge is -2.12. The second kappa shape index (κ2) is 6.44. The third-order valence-corrected chi connectivity index (χ3v) is 1.58. The van der Waals surface area contributed by atoms with Crippen LogP contribution in [0, 0.1) is 0 Å². The minimum absolute atomic E-state index is 0. The fraction of sp³-hybridized carbons (Fsp3) is 0.250. The van der Waals surface area contributed by atoms with E-state index in [-0.39, 0.29) is 11.0 Å². The maximum Gasteiger partial charge on any atom is 0.508 e. The molecule has 0 fully saturated rings. The summed E-state index contributed by atoms with van der Waals surface area (Å²) in [5.74, 6) is 0. The quantitative estimate of drug-likeness (QED) is 0.670. The van der Waals surface area contributed by atoms with Gasteiger partial charge in [-0.05, 0) is 5.46 Å². The van der Waals surface area contributed by atoms with Crippen LogP contribution < -0.4 is 5.46 Å². The molecule has 1 aromatic carbocycles. The Bertz CT molecular complexity index is 266. The first-order valence-electron chi connectivity index (χ1n) is 3.78. The molecule has 7 heteroatoms. The van der Waals surface area contributed by atoms with Gasteiger partial charge in [0.2, 0.25) is 0 Å². The van der Waals surface area contributed by atoms with Crippen LogP contribution in [0.4, 0.5) is 13.2 Å². The number of rotatable bonds is 2. The van der Waals surface area contributed by atoms with E-state index in [0.717, 1.165) is 0 Å². The fourth-order valence-electron chi connectivity index (χ4n) is 0.993. The average molecular weight is 224 g/mol. The van der Waals surface area contributed by atoms with E-state index in [1.165, 1.54) is 6.82 Å². The van der Waals surface area contributed by atoms with E-state index in [4.69, 9.17) is 0 Å². The minimum Gasteiger partial charge on any atom is -0.412 e. The van der Waals surface area contributed by atoms with Gasteiger partial charge < -0.3 is 15.6 Å². The molecule has 0 aliphatic rings. The van der Waals surface area contributed by atoms with Gasteiger partial charge in [-0.25, -0.2) is 0 Å². The van der Waals surface area contributed by atoms with Crippen molar-refractivity contribution in [1.29, 1.82) is 0 Å². The van der Waals surface area contributed by atoms with Crippen molar-refractivity contribution < 1.29 is 28.8 Å². The van der Waals surface area contributed by atoms with Gasteiger partial charge in [-0.15, -0.1) is 13.2 Å². The molecule has 0 bridgehead atoms. The summed E-state index contributed by atoms with van der Waals surface area (Å²) in [7, 11) is 0. The number of hydrogen-bond donors (Lipinski definition) is 0. The lowest BCUT2D eigenvalue weighted by atomic mass is 9.64. The smallest absolute Gasteiger partial charge is 0.412 e. The van der Waals surface area contributed by atoms with E-state index < -0.39 is 13.3 Å². The largest absolute Gasteiger partial charge is 0.508 e. The van der Waals surface area contributed by atoms with E-state index in [1.54, 1.807) is 30.3 Å². The molecule has 1 rings (SSSR count). The van der Waals surface area contributed by atoms with Crippen LogP contribution >= 0.6 is 0 Å². The maximum atomic E-state index is 11.8. The Labute approximate surface area is 85.6 Å². The van der Waals surface area contributed by atoms with Crippen LogP contribution in [-0.4, -0.2) is 24.2 Å². The van der Waals surface area contributed by atoms with E-state index in [0.29, 0.717) is 5.46 Å². The van der Waals surface area contributed by atoms with Crippen LogP contribution in [0.5, 0.6) is 0 Å². The van der Waals surface area contributed by atoms with Gasteiger partial charge in [0, 0.05) is 0 Å². The molecule has 1 aromatic rings. The van der Waals surface area contributed by atoms with Crippen molar-refractivity contribution in [2.75, 3.05) is 0 Å². The van der Waals surface area contributed by atoms with Crippen molar-refractivity contribution in [2.24, 2.45) is 0 Å². The summed E-state index contributed by atoms with van der Waals surface area (Å²) >= 11 is 0. The number of halogens is 3. The summed E-state index contributed by atoms with van der Waals surface area (Å²) in [5, 5.41) is 0. The zero-order chi connectivity index (χ0) is 9.90. The van der Waals surface area contributed by atoms with Gasteiger partial charge in [0.1, 0.15) is 0 Å². The third-order valence-electron chi connectivity index (χ3n) is 1.58. The molecule has 0 aromatic heterocycles. The Balaban J connectivity index is 0. The molecule has 0 saturated heterocycles. The molecule has 4 N–H and O–H groups in total. The van der Waals surface area contributed by atoms with Gasteiger partial charge in [0.25, 0.3) is 0 Å². The third kappa shape index (κ3) is 6.11. The zero-order valence-electron chi connectivity index (χ0n) is 8.01. The zero-order valence-corrected chi connectivity index (χ0v) is 8.01. The number of alkyl halides is 3. The minimum atomic E-state index is -4.57. The molecule has 0 aliphatic carbocycles. The van der Waals surface area contributed by atoms with Gasteiger partial charge in [-0.1, -0.05) is 37.2 Å². The Hall–Kier alpha value is -1.05. The first-order chi connectivity index (χ1) is 5.99. The SMILES string of the molecule is CB(OC(F)(F)F)c1ccccc1.O.O. The van der Waals surface area contributed by atoms with Gasteiger partial charge in [0.15, 0.2) is 0 Å². The Morgan fingerprint density at radius 2 is 1.53 bits per heavy atom. The summed E-state index contributed by atoms with van der Waals surface area (Å²) in [5.41, 5.74) is 0.514. The average Bonchev–Trinajstić information content (AvgIpc) is 2.03. The van der Waals surface area contributed by atoms with Crippen molar-refractivity contribution in [1.82, 2.24) is 0 Å². The topological polar surface area (TPSA) is 72.2 Å². The first-order valence-corrected chi connectivity index (χ1v) is 3.78. The van der Waals surface area contributed by atoms with E-state index in [2.05, 4.69) is 4.65 Å². The van der Waals surface area contributed by atoms with Crippen molar-refractivity contribution in [2.45, 2.75) is 13.2 Å². The van der Waals surface area contributed by atoms with Crippen molar-refractivity contribution in [3.8, 4) is 0 Å². The molecular formula is C8H12BF3O3. The van der Waals surface area contributed by atoms with E-state index >= 15 is 0 Å². The van der Waals surface area contributed by atoms with Crippen LogP contribution in [0.1, 0.15) is 0 Å². The predicted molar refractivity (Wildman–Crippen MR) is 52.1 cm³/mol. The lowest BCUT2D eigenvalue weighted by Crippen LogP contribution is -2.35. The lowest BCUT2D eigenvalue weighted by molar-refractivity contribution is -0.277. The monoisotopic (exact) mass is 224 g/mol. The van der Waals surface area contributed by atoms with Crippen LogP contribution in [0.25, 0.3) is 0 Å². The Morgan fingerprint density at radius 1 is 1.07 bits per heavy atom. The second-order valence-corrected chi connectivity index (χ2v) is 2.62. The fourth-order valence-corrected chi connectivity index (χ4v) is 0.993. The normalized spacial score (nSPS) is 9.87. The van der Waals surface area contributed by atoms with Crippen molar-refractivity contribution >= 4 is 12.4 Å². The molecule has 0 spiro atoms. The van der Waals surface area contributed by atoms with Gasteiger partial charge in [-0.3, -0.25) is 0 Å². The summed E-state index contributed by atoms with van der Waals surface area (Å²) in [6.45, 7) is 0.407. The van der Waals surface area contributed by atoms with E-state index in [9.17, 15) is 13.2 Å². The molecule has 0 amide bonds. The number of benzene rings is 1. The van der Waals surface area contributed by atoms with Crippen LogP contribution in [0.3, 0.4) is 0 Å². The van der Waals surface area contributed by atoms with Gasteiger partial charge >= 0.3 is 13.3 Å². The molecule has 0 atom stereocenters. The molecule has 0 saturated carbocycles. The Kier molecular flexibility index (Phi) is 7.04. The second-order valence-electron chi connectivity index (χ2n) is 2.62. The molecular weight excluding hydrogens is 212 g/mol. The Morgan fingerprint density at radius 3 is 1.93 bits per heavy atom. The van der Waals surface area contributed by atoms with Crippen LogP contribution in [-0.2, 0) is 4.65 Å². The van der Waals surface area contributed by atoms with Gasteiger partial charge in [-0.2, -0.15) is 0 Å². The highest BCUT2D eigenvalue weighted by atomic mass is 19.4. The molecule has 86 valence electrons. The molecule has 0 aliphatic heterocycles. The molecule has 0 heterocycles. The van der Waals surface area contributed by atoms with Crippen LogP contribution in [0.2, 0.25) is 6.82 Å². The summed E-state index contributed by atoms with van der Waals surface area (Å²) in [4.78, 5) is 0. The number of hydrogen-bond acceptors (Lipinski definition) is 1. The molecule has 3 nitrogen and oxygen atoms in total.